The minimum Gasteiger partial charge on any atom is -0.493 e. The summed E-state index contributed by atoms with van der Waals surface area (Å²) in [5, 5.41) is 7.32. The fourth-order valence-corrected chi connectivity index (χ4v) is 3.56. The van der Waals surface area contributed by atoms with Gasteiger partial charge in [0.15, 0.2) is 11.5 Å². The molecule has 0 saturated heterocycles. The number of nitrogens with one attached hydrogen (secondary N) is 1. The molecule has 0 radical (unpaired) electrons. The number of ether oxygens (including phenoxy) is 2. The maximum atomic E-state index is 14.8. The van der Waals surface area contributed by atoms with Crippen molar-refractivity contribution in [1.82, 2.24) is 9.78 Å². The van der Waals surface area contributed by atoms with Gasteiger partial charge in [-0.25, -0.2) is 9.07 Å². The molecule has 1 amide bonds. The first kappa shape index (κ1) is 18.0. The standard InChI is InChI=1S/C21H20FN3O3/c1-27-18-8-15(17(22)10-19(18)28-2)14-9-20(26)24-21-16(14)11-23-25(21)12-13-6-4-3-5-7-13/h3-8,10-11,14H,9,12H2,1-2H3,(H,24,26). The van der Waals surface area contributed by atoms with E-state index in [-0.39, 0.29) is 12.3 Å². The van der Waals surface area contributed by atoms with Crippen LogP contribution in [0, 0.1) is 5.82 Å². The van der Waals surface area contributed by atoms with Crippen molar-refractivity contribution in [1.29, 1.82) is 0 Å². The zero-order valence-electron chi connectivity index (χ0n) is 15.6. The number of halogens is 1. The Kier molecular flexibility index (Phi) is 4.73. The normalized spacial score (nSPS) is 15.7. The Labute approximate surface area is 161 Å². The van der Waals surface area contributed by atoms with Gasteiger partial charge in [-0.2, -0.15) is 5.10 Å². The summed E-state index contributed by atoms with van der Waals surface area (Å²) in [7, 11) is 2.95. The first-order chi connectivity index (χ1) is 13.6. The maximum absolute atomic E-state index is 14.8. The molecule has 0 fully saturated rings. The molecule has 2 aromatic carbocycles. The lowest BCUT2D eigenvalue weighted by molar-refractivity contribution is -0.116. The molecule has 1 unspecified atom stereocenters. The van der Waals surface area contributed by atoms with Crippen LogP contribution in [-0.4, -0.2) is 29.9 Å². The van der Waals surface area contributed by atoms with Crippen LogP contribution in [0.2, 0.25) is 0 Å². The number of amides is 1. The molecule has 0 saturated carbocycles. The van der Waals surface area contributed by atoms with Crippen LogP contribution in [0.4, 0.5) is 10.2 Å². The van der Waals surface area contributed by atoms with Gasteiger partial charge in [0.25, 0.3) is 0 Å². The van der Waals surface area contributed by atoms with E-state index in [0.29, 0.717) is 29.4 Å². The summed E-state index contributed by atoms with van der Waals surface area (Å²) in [4.78, 5) is 12.4. The molecule has 2 heterocycles. The van der Waals surface area contributed by atoms with Crippen molar-refractivity contribution in [3.63, 3.8) is 0 Å². The van der Waals surface area contributed by atoms with Gasteiger partial charge in [0, 0.05) is 24.0 Å². The lowest BCUT2D eigenvalue weighted by Crippen LogP contribution is -2.25. The third-order valence-corrected chi connectivity index (χ3v) is 4.94. The van der Waals surface area contributed by atoms with E-state index in [4.69, 9.17) is 9.47 Å². The quantitative estimate of drug-likeness (QED) is 0.734. The second kappa shape index (κ2) is 7.34. The van der Waals surface area contributed by atoms with E-state index >= 15 is 0 Å². The fourth-order valence-electron chi connectivity index (χ4n) is 3.56. The van der Waals surface area contributed by atoms with Crippen molar-refractivity contribution in [2.45, 2.75) is 18.9 Å². The lowest BCUT2D eigenvalue weighted by atomic mass is 9.87. The van der Waals surface area contributed by atoms with Crippen molar-refractivity contribution in [3.8, 4) is 11.5 Å². The van der Waals surface area contributed by atoms with Gasteiger partial charge in [0.1, 0.15) is 11.6 Å². The molecular formula is C21H20FN3O3. The van der Waals surface area contributed by atoms with E-state index < -0.39 is 11.7 Å². The smallest absolute Gasteiger partial charge is 0.226 e. The molecule has 4 rings (SSSR count). The molecule has 7 heteroatoms. The molecule has 144 valence electrons. The highest BCUT2D eigenvalue weighted by Crippen LogP contribution is 2.41. The third kappa shape index (κ3) is 3.19. The molecule has 1 atom stereocenters. The van der Waals surface area contributed by atoms with Crippen molar-refractivity contribution < 1.29 is 18.7 Å². The highest BCUT2D eigenvalue weighted by molar-refractivity contribution is 5.94. The summed E-state index contributed by atoms with van der Waals surface area (Å²) in [5.74, 6) is 0.250. The number of rotatable bonds is 5. The highest BCUT2D eigenvalue weighted by Gasteiger charge is 2.32. The van der Waals surface area contributed by atoms with Crippen LogP contribution >= 0.6 is 0 Å². The summed E-state index contributed by atoms with van der Waals surface area (Å²) in [6.45, 7) is 0.511. The van der Waals surface area contributed by atoms with Crippen LogP contribution in [0.25, 0.3) is 0 Å². The molecule has 6 nitrogen and oxygen atoms in total. The zero-order valence-corrected chi connectivity index (χ0v) is 15.6. The lowest BCUT2D eigenvalue weighted by Gasteiger charge is -2.25. The van der Waals surface area contributed by atoms with Crippen molar-refractivity contribution in [2.24, 2.45) is 0 Å². The Morgan fingerprint density at radius 2 is 1.86 bits per heavy atom. The average Bonchev–Trinajstić information content (AvgIpc) is 3.10. The van der Waals surface area contributed by atoms with Gasteiger partial charge in [0.2, 0.25) is 5.91 Å². The van der Waals surface area contributed by atoms with Gasteiger partial charge >= 0.3 is 0 Å². The molecule has 0 bridgehead atoms. The van der Waals surface area contributed by atoms with Gasteiger partial charge in [-0.1, -0.05) is 30.3 Å². The van der Waals surface area contributed by atoms with E-state index in [0.717, 1.165) is 11.1 Å². The summed E-state index contributed by atoms with van der Waals surface area (Å²) in [6, 6.07) is 12.7. The van der Waals surface area contributed by atoms with Gasteiger partial charge < -0.3 is 14.8 Å². The van der Waals surface area contributed by atoms with Crippen LogP contribution in [0.3, 0.4) is 0 Å². The van der Waals surface area contributed by atoms with Gasteiger partial charge in [-0.15, -0.1) is 0 Å². The number of fused-ring (bicyclic) bond motifs is 1. The van der Waals surface area contributed by atoms with E-state index in [1.54, 1.807) is 16.9 Å². The second-order valence-electron chi connectivity index (χ2n) is 6.63. The number of hydrogen-bond donors (Lipinski definition) is 1. The number of hydrogen-bond acceptors (Lipinski definition) is 4. The van der Waals surface area contributed by atoms with Crippen molar-refractivity contribution in [2.75, 3.05) is 19.5 Å². The first-order valence-electron chi connectivity index (χ1n) is 8.91. The minimum absolute atomic E-state index is 0.135. The predicted octanol–water partition coefficient (Wildman–Crippen LogP) is 3.56. The summed E-state index contributed by atoms with van der Waals surface area (Å²) in [6.07, 6.45) is 1.83. The number of nitrogens with zero attached hydrogens (tertiary/aromatic N) is 2. The van der Waals surface area contributed by atoms with E-state index in [2.05, 4.69) is 10.4 Å². The van der Waals surface area contributed by atoms with Crippen LogP contribution in [0.5, 0.6) is 11.5 Å². The number of aromatic nitrogens is 2. The topological polar surface area (TPSA) is 65.4 Å². The van der Waals surface area contributed by atoms with E-state index in [1.807, 2.05) is 30.3 Å². The average molecular weight is 381 g/mol. The Hall–Kier alpha value is -3.35. The van der Waals surface area contributed by atoms with Crippen LogP contribution < -0.4 is 14.8 Å². The second-order valence-corrected chi connectivity index (χ2v) is 6.63. The molecule has 3 aromatic rings. The Balaban J connectivity index is 1.75. The number of benzene rings is 2. The van der Waals surface area contributed by atoms with Crippen LogP contribution in [0.15, 0.2) is 48.7 Å². The van der Waals surface area contributed by atoms with Crippen molar-refractivity contribution >= 4 is 11.7 Å². The maximum Gasteiger partial charge on any atom is 0.226 e. The predicted molar refractivity (Wildman–Crippen MR) is 102 cm³/mol. The van der Waals surface area contributed by atoms with Gasteiger partial charge in [-0.05, 0) is 17.2 Å². The van der Waals surface area contributed by atoms with E-state index in [1.165, 1.54) is 20.3 Å². The number of anilines is 1. The van der Waals surface area contributed by atoms with Crippen molar-refractivity contribution in [3.05, 3.63) is 71.2 Å². The summed E-state index contributed by atoms with van der Waals surface area (Å²) < 4.78 is 27.0. The Bertz CT molecular complexity index is 1020. The van der Waals surface area contributed by atoms with Crippen LogP contribution in [-0.2, 0) is 11.3 Å². The number of methoxy groups -OCH3 is 2. The summed E-state index contributed by atoms with van der Waals surface area (Å²) >= 11 is 0. The SMILES string of the molecule is COc1cc(F)c(C2CC(=O)Nc3c2cnn3Cc2ccccc2)cc1OC. The Morgan fingerprint density at radius 1 is 1.14 bits per heavy atom. The van der Waals surface area contributed by atoms with Gasteiger partial charge in [0.05, 0.1) is 27.0 Å². The summed E-state index contributed by atoms with van der Waals surface area (Å²) in [5.41, 5.74) is 2.22. The number of carbonyl (C=O) groups is 1. The Morgan fingerprint density at radius 3 is 2.57 bits per heavy atom. The molecule has 1 N–H and O–H groups in total. The molecule has 0 aliphatic carbocycles. The van der Waals surface area contributed by atoms with Gasteiger partial charge in [-0.3, -0.25) is 4.79 Å². The third-order valence-electron chi connectivity index (χ3n) is 4.94. The molecule has 28 heavy (non-hydrogen) atoms. The highest BCUT2D eigenvalue weighted by atomic mass is 19.1. The monoisotopic (exact) mass is 381 g/mol. The minimum atomic E-state index is -0.451. The van der Waals surface area contributed by atoms with E-state index in [9.17, 15) is 9.18 Å². The van der Waals surface area contributed by atoms with Crippen LogP contribution in [0.1, 0.15) is 29.0 Å². The molecule has 0 spiro atoms. The zero-order chi connectivity index (χ0) is 19.7. The fraction of sp³-hybridized carbons (Fsp3) is 0.238. The largest absolute Gasteiger partial charge is 0.493 e. The molecular weight excluding hydrogens is 361 g/mol. The molecule has 1 aliphatic heterocycles. The molecule has 1 aromatic heterocycles. The first-order valence-corrected chi connectivity index (χ1v) is 8.91. The molecule has 1 aliphatic rings. The number of carbonyl (C=O) groups excluding carboxylic acids is 1.